The summed E-state index contributed by atoms with van der Waals surface area (Å²) in [6.45, 7) is 0. The maximum absolute atomic E-state index is 5.34. The first-order valence-electron chi connectivity index (χ1n) is 10.1. The number of fused-ring (bicyclic) bond motifs is 1. The normalized spacial score (nSPS) is 11.5. The molecule has 0 aliphatic rings. The topological polar surface area (TPSA) is 18.5 Å². The number of ether oxygens (including phenoxy) is 2. The number of rotatable bonds is 6. The maximum atomic E-state index is 5.34. The van der Waals surface area contributed by atoms with E-state index in [2.05, 4.69) is 92.6 Å². The lowest BCUT2D eigenvalue weighted by atomic mass is 10.0. The largest absolute Gasteiger partial charge is 0.497 e. The molecule has 0 saturated carbocycles. The molecule has 32 heavy (non-hydrogen) atoms. The number of halogens is 2. The third-order valence-electron chi connectivity index (χ3n) is 5.21. The molecule has 0 aliphatic heterocycles. The zero-order valence-electron chi connectivity index (χ0n) is 17.8. The van der Waals surface area contributed by atoms with Gasteiger partial charge in [0.25, 0.3) is 0 Å². The van der Waals surface area contributed by atoms with Gasteiger partial charge in [0, 0.05) is 8.95 Å². The molecule has 4 aromatic rings. The summed E-state index contributed by atoms with van der Waals surface area (Å²) in [5.41, 5.74) is 4.43. The molecule has 0 spiro atoms. The molecule has 2 nitrogen and oxygen atoms in total. The van der Waals surface area contributed by atoms with Crippen molar-refractivity contribution in [2.45, 2.75) is 0 Å². The summed E-state index contributed by atoms with van der Waals surface area (Å²) in [7, 11) is 3.36. The summed E-state index contributed by atoms with van der Waals surface area (Å²) in [6, 6.07) is 24.9. The van der Waals surface area contributed by atoms with Crippen LogP contribution in [0, 0.1) is 0 Å². The average Bonchev–Trinajstić information content (AvgIpc) is 2.82. The van der Waals surface area contributed by atoms with Gasteiger partial charge < -0.3 is 9.47 Å². The summed E-state index contributed by atoms with van der Waals surface area (Å²) in [5.74, 6) is 1.68. The van der Waals surface area contributed by atoms with Crippen LogP contribution in [-0.4, -0.2) is 14.2 Å². The zero-order valence-corrected chi connectivity index (χ0v) is 21.0. The van der Waals surface area contributed by atoms with Gasteiger partial charge in [-0.3, -0.25) is 0 Å². The molecule has 0 radical (unpaired) electrons. The fourth-order valence-corrected chi connectivity index (χ4v) is 4.17. The summed E-state index contributed by atoms with van der Waals surface area (Å²) in [4.78, 5) is 0. The summed E-state index contributed by atoms with van der Waals surface area (Å²) < 4.78 is 12.7. The standard InChI is InChI=1S/C28H22Br2O2/c1-31-25-11-13-27(29)22(17-25)9-5-19-3-7-21-8-4-20(16-24(21)15-19)6-10-23-18-26(32-2)12-14-28(23)30/h3-18H,1-2H3/b9-5+,10-6+. The smallest absolute Gasteiger partial charge is 0.119 e. The van der Waals surface area contributed by atoms with Crippen LogP contribution in [0.25, 0.3) is 35.1 Å². The molecule has 0 aliphatic carbocycles. The van der Waals surface area contributed by atoms with E-state index in [1.54, 1.807) is 14.2 Å². The van der Waals surface area contributed by atoms with Gasteiger partial charge in [-0.15, -0.1) is 0 Å². The SMILES string of the molecule is COc1ccc(Br)c(/C=C/c2ccc3ccc(/C=C/c4cc(OC)ccc4Br)cc3c2)c1. The fraction of sp³-hybridized carbons (Fsp3) is 0.0714. The van der Waals surface area contributed by atoms with Crippen LogP contribution in [0.1, 0.15) is 22.3 Å². The van der Waals surface area contributed by atoms with Crippen LogP contribution in [-0.2, 0) is 0 Å². The average molecular weight is 550 g/mol. The Kier molecular flexibility index (Phi) is 7.13. The summed E-state index contributed by atoms with van der Waals surface area (Å²) in [6.07, 6.45) is 8.43. The van der Waals surface area contributed by atoms with Crippen molar-refractivity contribution in [3.63, 3.8) is 0 Å². The highest BCUT2D eigenvalue weighted by atomic mass is 79.9. The Morgan fingerprint density at radius 2 is 1.00 bits per heavy atom. The van der Waals surface area contributed by atoms with Gasteiger partial charge in [0.05, 0.1) is 14.2 Å². The van der Waals surface area contributed by atoms with Gasteiger partial charge in [-0.05, 0) is 81.6 Å². The van der Waals surface area contributed by atoms with Crippen LogP contribution in [0.3, 0.4) is 0 Å². The highest BCUT2D eigenvalue weighted by Crippen LogP contribution is 2.27. The van der Waals surface area contributed by atoms with E-state index in [0.29, 0.717) is 0 Å². The van der Waals surface area contributed by atoms with E-state index in [1.165, 1.54) is 10.8 Å². The number of methoxy groups -OCH3 is 2. The predicted molar refractivity (Wildman–Crippen MR) is 143 cm³/mol. The summed E-state index contributed by atoms with van der Waals surface area (Å²) >= 11 is 7.21. The fourth-order valence-electron chi connectivity index (χ4n) is 3.42. The second kappa shape index (κ2) is 10.2. The van der Waals surface area contributed by atoms with Gasteiger partial charge in [-0.2, -0.15) is 0 Å². The maximum Gasteiger partial charge on any atom is 0.119 e. The Labute approximate surface area is 205 Å². The van der Waals surface area contributed by atoms with Crippen LogP contribution in [0.4, 0.5) is 0 Å². The Balaban J connectivity index is 1.61. The van der Waals surface area contributed by atoms with Crippen molar-refractivity contribution < 1.29 is 9.47 Å². The zero-order chi connectivity index (χ0) is 22.5. The van der Waals surface area contributed by atoms with Crippen molar-refractivity contribution in [3.05, 3.63) is 104 Å². The van der Waals surface area contributed by atoms with Crippen molar-refractivity contribution in [2.24, 2.45) is 0 Å². The first-order chi connectivity index (χ1) is 15.6. The molecule has 160 valence electrons. The van der Waals surface area contributed by atoms with Crippen molar-refractivity contribution in [1.82, 2.24) is 0 Å². The molecule has 4 heteroatoms. The molecular formula is C28H22Br2O2. The van der Waals surface area contributed by atoms with Crippen LogP contribution in [0.2, 0.25) is 0 Å². The Morgan fingerprint density at radius 3 is 1.44 bits per heavy atom. The third kappa shape index (κ3) is 5.32. The lowest BCUT2D eigenvalue weighted by Crippen LogP contribution is -1.84. The quantitative estimate of drug-likeness (QED) is 0.224. The molecule has 0 atom stereocenters. The minimum atomic E-state index is 0.838. The molecule has 4 rings (SSSR count). The monoisotopic (exact) mass is 548 g/mol. The van der Waals surface area contributed by atoms with Gasteiger partial charge in [0.1, 0.15) is 11.5 Å². The van der Waals surface area contributed by atoms with Crippen molar-refractivity contribution in [2.75, 3.05) is 14.2 Å². The molecule has 0 aromatic heterocycles. The predicted octanol–water partition coefficient (Wildman–Crippen LogP) is 8.72. The molecule has 0 N–H and O–H groups in total. The summed E-state index contributed by atoms with van der Waals surface area (Å²) in [5, 5.41) is 2.41. The number of hydrogen-bond acceptors (Lipinski definition) is 2. The first-order valence-corrected chi connectivity index (χ1v) is 11.7. The van der Waals surface area contributed by atoms with Gasteiger partial charge in [0.15, 0.2) is 0 Å². The van der Waals surface area contributed by atoms with Gasteiger partial charge >= 0.3 is 0 Å². The Hall–Kier alpha value is -2.82. The minimum absolute atomic E-state index is 0.838. The molecule has 0 saturated heterocycles. The van der Waals surface area contributed by atoms with E-state index in [1.807, 2.05) is 36.4 Å². The first kappa shape index (κ1) is 22.4. The van der Waals surface area contributed by atoms with Crippen molar-refractivity contribution in [1.29, 1.82) is 0 Å². The minimum Gasteiger partial charge on any atom is -0.497 e. The highest BCUT2D eigenvalue weighted by Gasteiger charge is 2.01. The van der Waals surface area contributed by atoms with Crippen LogP contribution in [0.15, 0.2) is 81.7 Å². The number of benzene rings is 4. The van der Waals surface area contributed by atoms with E-state index in [0.717, 1.165) is 42.7 Å². The lowest BCUT2D eigenvalue weighted by Gasteiger charge is -2.05. The van der Waals surface area contributed by atoms with Gasteiger partial charge in [-0.25, -0.2) is 0 Å². The van der Waals surface area contributed by atoms with Gasteiger partial charge in [0.2, 0.25) is 0 Å². The Morgan fingerprint density at radius 1 is 0.531 bits per heavy atom. The number of hydrogen-bond donors (Lipinski definition) is 0. The van der Waals surface area contributed by atoms with E-state index in [-0.39, 0.29) is 0 Å². The lowest BCUT2D eigenvalue weighted by molar-refractivity contribution is 0.414. The van der Waals surface area contributed by atoms with Crippen molar-refractivity contribution >= 4 is 66.9 Å². The molecule has 0 amide bonds. The van der Waals surface area contributed by atoms with Crippen molar-refractivity contribution in [3.8, 4) is 11.5 Å². The van der Waals surface area contributed by atoms with E-state index in [4.69, 9.17) is 9.47 Å². The highest BCUT2D eigenvalue weighted by molar-refractivity contribution is 9.10. The van der Waals surface area contributed by atoms with Gasteiger partial charge in [-0.1, -0.05) is 80.4 Å². The molecular weight excluding hydrogens is 528 g/mol. The van der Waals surface area contributed by atoms with E-state index >= 15 is 0 Å². The van der Waals surface area contributed by atoms with Crippen LogP contribution < -0.4 is 9.47 Å². The molecule has 0 fully saturated rings. The van der Waals surface area contributed by atoms with E-state index in [9.17, 15) is 0 Å². The molecule has 4 aromatic carbocycles. The van der Waals surface area contributed by atoms with E-state index < -0.39 is 0 Å². The second-order valence-electron chi connectivity index (χ2n) is 7.31. The third-order valence-corrected chi connectivity index (χ3v) is 6.65. The Bertz CT molecular complexity index is 1220. The molecule has 0 heterocycles. The molecule has 0 unspecified atom stereocenters. The van der Waals surface area contributed by atoms with Crippen LogP contribution in [0.5, 0.6) is 11.5 Å². The van der Waals surface area contributed by atoms with Crippen LogP contribution >= 0.6 is 31.9 Å². The second-order valence-corrected chi connectivity index (χ2v) is 9.02. The molecule has 0 bridgehead atoms.